The Hall–Kier alpha value is -1.45. The van der Waals surface area contributed by atoms with Crippen LogP contribution in [-0.4, -0.2) is 21.0 Å². The van der Waals surface area contributed by atoms with Crippen molar-refractivity contribution in [3.05, 3.63) is 11.3 Å². The molecular weight excluding hydrogens is 182 g/mol. The van der Waals surface area contributed by atoms with Gasteiger partial charge in [0.15, 0.2) is 11.5 Å². The van der Waals surface area contributed by atoms with Gasteiger partial charge in [0, 0.05) is 0 Å². The number of nitrogens with one attached hydrogen (secondary N) is 1. The summed E-state index contributed by atoms with van der Waals surface area (Å²) >= 11 is 0. The molecule has 0 aliphatic carbocycles. The zero-order valence-corrected chi connectivity index (χ0v) is 8.59. The maximum atomic E-state index is 11.0. The molecule has 3 N–H and O–H groups in total. The maximum absolute atomic E-state index is 11.0. The minimum Gasteiger partial charge on any atom is -0.505 e. The van der Waals surface area contributed by atoms with Crippen LogP contribution in [0.25, 0.3) is 0 Å². The first-order valence-electron chi connectivity index (χ1n) is 4.57. The second-order valence-electron chi connectivity index (χ2n) is 3.83. The van der Waals surface area contributed by atoms with Crippen molar-refractivity contribution in [1.29, 1.82) is 0 Å². The fourth-order valence-electron chi connectivity index (χ4n) is 1.42. The summed E-state index contributed by atoms with van der Waals surface area (Å²) in [7, 11) is 0. The van der Waals surface area contributed by atoms with Crippen LogP contribution in [0.1, 0.15) is 36.8 Å². The van der Waals surface area contributed by atoms with Crippen molar-refractivity contribution in [3.63, 3.8) is 0 Å². The topological polar surface area (TPSA) is 73.3 Å². The van der Waals surface area contributed by atoms with Gasteiger partial charge in [0.25, 0.3) is 0 Å². The SMILES string of the molecule is CC(=O)c1c(O)[nH]c(CC(C)C)c1O. The molecule has 0 aliphatic rings. The van der Waals surface area contributed by atoms with E-state index in [-0.39, 0.29) is 23.0 Å². The number of hydrogen-bond donors (Lipinski definition) is 3. The van der Waals surface area contributed by atoms with Crippen LogP contribution in [0, 0.1) is 5.92 Å². The van der Waals surface area contributed by atoms with Gasteiger partial charge in [-0.3, -0.25) is 4.79 Å². The zero-order chi connectivity index (χ0) is 10.9. The van der Waals surface area contributed by atoms with Crippen LogP contribution in [0.2, 0.25) is 0 Å². The lowest BCUT2D eigenvalue weighted by molar-refractivity contribution is 0.101. The lowest BCUT2D eigenvalue weighted by Crippen LogP contribution is -1.95. The van der Waals surface area contributed by atoms with Crippen molar-refractivity contribution >= 4 is 5.78 Å². The van der Waals surface area contributed by atoms with E-state index < -0.39 is 0 Å². The summed E-state index contributed by atoms with van der Waals surface area (Å²) in [5.74, 6) is -0.362. The Morgan fingerprint density at radius 3 is 2.36 bits per heavy atom. The van der Waals surface area contributed by atoms with Gasteiger partial charge in [0.05, 0.1) is 5.69 Å². The Bertz CT molecular complexity index is 352. The highest BCUT2D eigenvalue weighted by molar-refractivity contribution is 5.99. The number of hydrogen-bond acceptors (Lipinski definition) is 3. The molecule has 0 atom stereocenters. The van der Waals surface area contributed by atoms with Crippen molar-refractivity contribution in [2.75, 3.05) is 0 Å². The van der Waals surface area contributed by atoms with Crippen LogP contribution in [-0.2, 0) is 6.42 Å². The summed E-state index contributed by atoms with van der Waals surface area (Å²) in [6.07, 6.45) is 0.604. The molecule has 0 fully saturated rings. The largest absolute Gasteiger partial charge is 0.505 e. The third-order valence-corrected chi connectivity index (χ3v) is 1.99. The number of carbonyl (C=O) groups is 1. The Morgan fingerprint density at radius 2 is 2.00 bits per heavy atom. The van der Waals surface area contributed by atoms with Crippen LogP contribution >= 0.6 is 0 Å². The smallest absolute Gasteiger partial charge is 0.203 e. The third-order valence-electron chi connectivity index (χ3n) is 1.99. The van der Waals surface area contributed by atoms with E-state index in [9.17, 15) is 15.0 Å². The van der Waals surface area contributed by atoms with Crippen LogP contribution < -0.4 is 0 Å². The van der Waals surface area contributed by atoms with E-state index in [1.165, 1.54) is 6.92 Å². The van der Waals surface area contributed by atoms with Crippen molar-refractivity contribution in [3.8, 4) is 11.6 Å². The van der Waals surface area contributed by atoms with E-state index in [2.05, 4.69) is 4.98 Å². The molecule has 0 unspecified atom stereocenters. The van der Waals surface area contributed by atoms with Crippen LogP contribution in [0.4, 0.5) is 0 Å². The van der Waals surface area contributed by atoms with Crippen molar-refractivity contribution in [1.82, 2.24) is 4.98 Å². The Kier molecular flexibility index (Phi) is 2.84. The normalized spacial score (nSPS) is 10.9. The minimum atomic E-state index is -0.341. The molecule has 0 saturated heterocycles. The van der Waals surface area contributed by atoms with Gasteiger partial charge in [-0.05, 0) is 19.3 Å². The second-order valence-corrected chi connectivity index (χ2v) is 3.83. The Morgan fingerprint density at radius 1 is 1.43 bits per heavy atom. The molecule has 78 valence electrons. The number of Topliss-reactive ketones (excluding diaryl/α,β-unsaturated/α-hetero) is 1. The van der Waals surface area contributed by atoms with Gasteiger partial charge in [-0.25, -0.2) is 0 Å². The average molecular weight is 197 g/mol. The summed E-state index contributed by atoms with van der Waals surface area (Å²) in [5, 5.41) is 19.0. The van der Waals surface area contributed by atoms with E-state index in [0.29, 0.717) is 18.0 Å². The molecule has 1 heterocycles. The molecule has 4 heteroatoms. The molecule has 1 aromatic heterocycles. The summed E-state index contributed by atoms with van der Waals surface area (Å²) in [4.78, 5) is 13.7. The second kappa shape index (κ2) is 3.74. The molecule has 0 aromatic carbocycles. The highest BCUT2D eigenvalue weighted by Gasteiger charge is 2.20. The number of aromatic nitrogens is 1. The van der Waals surface area contributed by atoms with Crippen molar-refractivity contribution in [2.45, 2.75) is 27.2 Å². The summed E-state index contributed by atoms with van der Waals surface area (Å²) in [6.45, 7) is 5.29. The molecule has 14 heavy (non-hydrogen) atoms. The summed E-state index contributed by atoms with van der Waals surface area (Å²) in [5.41, 5.74) is 0.503. The van der Waals surface area contributed by atoms with Gasteiger partial charge in [0.2, 0.25) is 5.88 Å². The van der Waals surface area contributed by atoms with Gasteiger partial charge in [-0.1, -0.05) is 13.8 Å². The van der Waals surface area contributed by atoms with E-state index in [4.69, 9.17) is 0 Å². The predicted molar refractivity (Wildman–Crippen MR) is 52.7 cm³/mol. The molecule has 0 bridgehead atoms. The summed E-state index contributed by atoms with van der Waals surface area (Å²) in [6, 6.07) is 0. The van der Waals surface area contributed by atoms with E-state index in [1.807, 2.05) is 13.8 Å². The first kappa shape index (κ1) is 10.6. The third kappa shape index (κ3) is 1.89. The van der Waals surface area contributed by atoms with Gasteiger partial charge in [0.1, 0.15) is 5.56 Å². The minimum absolute atomic E-state index is 0.0133. The molecule has 0 aliphatic heterocycles. The Balaban J connectivity index is 3.10. The van der Waals surface area contributed by atoms with Gasteiger partial charge < -0.3 is 15.2 Å². The quantitative estimate of drug-likeness (QED) is 0.647. The number of H-pyrrole nitrogens is 1. The van der Waals surface area contributed by atoms with E-state index >= 15 is 0 Å². The van der Waals surface area contributed by atoms with E-state index in [1.54, 1.807) is 0 Å². The predicted octanol–water partition coefficient (Wildman–Crippen LogP) is 1.83. The first-order valence-corrected chi connectivity index (χ1v) is 4.57. The molecule has 1 aromatic rings. The van der Waals surface area contributed by atoms with E-state index in [0.717, 1.165) is 0 Å². The van der Waals surface area contributed by atoms with Crippen LogP contribution in [0.3, 0.4) is 0 Å². The number of carbonyl (C=O) groups excluding carboxylic acids is 1. The maximum Gasteiger partial charge on any atom is 0.203 e. The number of aromatic hydroxyl groups is 2. The monoisotopic (exact) mass is 197 g/mol. The molecule has 0 radical (unpaired) electrons. The molecule has 1 rings (SSSR count). The van der Waals surface area contributed by atoms with Crippen molar-refractivity contribution < 1.29 is 15.0 Å². The fraction of sp³-hybridized carbons (Fsp3) is 0.500. The molecule has 0 amide bonds. The van der Waals surface area contributed by atoms with Crippen LogP contribution in [0.15, 0.2) is 0 Å². The fourth-order valence-corrected chi connectivity index (χ4v) is 1.42. The van der Waals surface area contributed by atoms with Gasteiger partial charge >= 0.3 is 0 Å². The lowest BCUT2D eigenvalue weighted by Gasteiger charge is -2.02. The van der Waals surface area contributed by atoms with Crippen LogP contribution in [0.5, 0.6) is 11.6 Å². The van der Waals surface area contributed by atoms with Gasteiger partial charge in [-0.2, -0.15) is 0 Å². The highest BCUT2D eigenvalue weighted by Crippen LogP contribution is 2.32. The summed E-state index contributed by atoms with van der Waals surface area (Å²) < 4.78 is 0. The standard InChI is InChI=1S/C10H15NO3/c1-5(2)4-7-9(13)8(6(3)12)10(14)11-7/h5,11,13-14H,4H2,1-3H3. The zero-order valence-electron chi connectivity index (χ0n) is 8.59. The first-order chi connectivity index (χ1) is 6.43. The number of ketones is 1. The highest BCUT2D eigenvalue weighted by atomic mass is 16.3. The molecular formula is C10H15NO3. The average Bonchev–Trinajstić information content (AvgIpc) is 2.25. The molecule has 4 nitrogen and oxygen atoms in total. The Labute approximate surface area is 82.6 Å². The number of aromatic amines is 1. The molecule has 0 spiro atoms. The van der Waals surface area contributed by atoms with Gasteiger partial charge in [-0.15, -0.1) is 0 Å². The number of rotatable bonds is 3. The van der Waals surface area contributed by atoms with Crippen molar-refractivity contribution in [2.24, 2.45) is 5.92 Å². The molecule has 0 saturated carbocycles. The lowest BCUT2D eigenvalue weighted by atomic mass is 10.1.